The summed E-state index contributed by atoms with van der Waals surface area (Å²) in [5.74, 6) is 0.678. The Morgan fingerprint density at radius 2 is 1.75 bits per heavy atom. The summed E-state index contributed by atoms with van der Waals surface area (Å²) in [6, 6.07) is 7.99. The summed E-state index contributed by atoms with van der Waals surface area (Å²) < 4.78 is 29.7. The number of ether oxygens (including phenoxy) is 1. The first kappa shape index (κ1) is 20.4. The highest BCUT2D eigenvalue weighted by Gasteiger charge is 2.12. The first-order valence-corrected chi connectivity index (χ1v) is 9.92. The number of nitrogens with one attached hydrogen (secondary N) is 2. The van der Waals surface area contributed by atoms with Crippen LogP contribution in [0.2, 0.25) is 0 Å². The minimum absolute atomic E-state index is 0.114. The largest absolute Gasteiger partial charge is 0.494 e. The van der Waals surface area contributed by atoms with Crippen LogP contribution in [0.15, 0.2) is 24.3 Å². The van der Waals surface area contributed by atoms with Crippen molar-refractivity contribution in [2.45, 2.75) is 39.0 Å². The smallest absolute Gasteiger partial charge is 0.220 e. The number of carbonyl (C=O) groups excluding carboxylic acids is 1. The third kappa shape index (κ3) is 8.88. The molecule has 0 unspecified atom stereocenters. The third-order valence-electron chi connectivity index (χ3n) is 3.35. The summed E-state index contributed by atoms with van der Waals surface area (Å²) >= 11 is 0. The van der Waals surface area contributed by atoms with Crippen LogP contribution >= 0.6 is 0 Å². The molecule has 0 aliphatic carbocycles. The fourth-order valence-corrected chi connectivity index (χ4v) is 2.47. The number of hydrogen-bond donors (Lipinski definition) is 2. The molecule has 0 saturated heterocycles. The van der Waals surface area contributed by atoms with Crippen LogP contribution in [0.25, 0.3) is 0 Å². The highest BCUT2D eigenvalue weighted by atomic mass is 32.2. The Balaban J connectivity index is 2.18. The Kier molecular flexibility index (Phi) is 7.69. The Labute approximate surface area is 145 Å². The highest BCUT2D eigenvalue weighted by Crippen LogP contribution is 2.24. The van der Waals surface area contributed by atoms with E-state index in [9.17, 15) is 13.2 Å². The van der Waals surface area contributed by atoms with Gasteiger partial charge in [0.1, 0.15) is 5.75 Å². The number of benzene rings is 1. The predicted molar refractivity (Wildman–Crippen MR) is 95.7 cm³/mol. The zero-order chi connectivity index (χ0) is 18.2. The van der Waals surface area contributed by atoms with Crippen molar-refractivity contribution in [1.82, 2.24) is 10.0 Å². The van der Waals surface area contributed by atoms with Crippen molar-refractivity contribution in [3.63, 3.8) is 0 Å². The van der Waals surface area contributed by atoms with Crippen molar-refractivity contribution in [2.75, 3.05) is 26.0 Å². The molecule has 0 aromatic heterocycles. The molecular formula is C17H28N2O4S. The van der Waals surface area contributed by atoms with Crippen molar-refractivity contribution in [3.05, 3.63) is 29.8 Å². The molecule has 1 aromatic carbocycles. The van der Waals surface area contributed by atoms with Gasteiger partial charge in [0.15, 0.2) is 0 Å². The van der Waals surface area contributed by atoms with Gasteiger partial charge in [0, 0.05) is 19.5 Å². The van der Waals surface area contributed by atoms with Crippen LogP contribution in [0, 0.1) is 0 Å². The van der Waals surface area contributed by atoms with E-state index in [1.165, 1.54) is 5.56 Å². The molecule has 6 nitrogen and oxygen atoms in total. The first-order valence-electron chi connectivity index (χ1n) is 8.02. The quantitative estimate of drug-likeness (QED) is 0.661. The number of amides is 1. The van der Waals surface area contributed by atoms with Gasteiger partial charge in [-0.3, -0.25) is 4.79 Å². The van der Waals surface area contributed by atoms with Crippen LogP contribution in [0.5, 0.6) is 5.75 Å². The summed E-state index contributed by atoms with van der Waals surface area (Å²) in [7, 11) is -3.21. The molecular weight excluding hydrogens is 328 g/mol. The minimum atomic E-state index is -3.21. The van der Waals surface area contributed by atoms with Gasteiger partial charge in [0.25, 0.3) is 0 Å². The molecule has 24 heavy (non-hydrogen) atoms. The van der Waals surface area contributed by atoms with Crippen LogP contribution < -0.4 is 14.8 Å². The zero-order valence-corrected chi connectivity index (χ0v) is 15.7. The lowest BCUT2D eigenvalue weighted by atomic mass is 9.87. The average Bonchev–Trinajstić information content (AvgIpc) is 2.47. The molecule has 1 aromatic rings. The van der Waals surface area contributed by atoms with Crippen molar-refractivity contribution in [1.29, 1.82) is 0 Å². The molecule has 1 amide bonds. The van der Waals surface area contributed by atoms with Crippen molar-refractivity contribution in [2.24, 2.45) is 0 Å². The van der Waals surface area contributed by atoms with Gasteiger partial charge in [0.05, 0.1) is 12.9 Å². The third-order valence-corrected chi connectivity index (χ3v) is 4.08. The molecule has 0 atom stereocenters. The predicted octanol–water partition coefficient (Wildman–Crippen LogP) is 1.81. The molecule has 0 saturated carbocycles. The van der Waals surface area contributed by atoms with Crippen LogP contribution in [0.3, 0.4) is 0 Å². The lowest BCUT2D eigenvalue weighted by Crippen LogP contribution is -2.34. The van der Waals surface area contributed by atoms with E-state index in [-0.39, 0.29) is 24.4 Å². The van der Waals surface area contributed by atoms with Gasteiger partial charge >= 0.3 is 0 Å². The number of sulfonamides is 1. The van der Waals surface area contributed by atoms with E-state index >= 15 is 0 Å². The standard InChI is InChI=1S/C17H28N2O4S/c1-17(2,3)14-7-9-15(10-8-14)23-13-5-6-16(20)18-11-12-19-24(4,21)22/h7-10,19H,5-6,11-13H2,1-4H3,(H,18,20). The topological polar surface area (TPSA) is 84.5 Å². The van der Waals surface area contributed by atoms with Crippen LogP contribution in [-0.4, -0.2) is 40.3 Å². The number of rotatable bonds is 9. The Bertz CT molecular complexity index is 619. The summed E-state index contributed by atoms with van der Waals surface area (Å²) in [5, 5.41) is 2.66. The van der Waals surface area contributed by atoms with Crippen molar-refractivity contribution >= 4 is 15.9 Å². The molecule has 0 aliphatic rings. The zero-order valence-electron chi connectivity index (χ0n) is 14.9. The highest BCUT2D eigenvalue weighted by molar-refractivity contribution is 7.88. The Hall–Kier alpha value is -1.60. The summed E-state index contributed by atoms with van der Waals surface area (Å²) in [6.07, 6.45) is 2.03. The number of hydrogen-bond acceptors (Lipinski definition) is 4. The lowest BCUT2D eigenvalue weighted by molar-refractivity contribution is -0.121. The summed E-state index contributed by atoms with van der Waals surface area (Å²) in [6.45, 7) is 7.42. The second-order valence-corrected chi connectivity index (χ2v) is 8.58. The molecule has 2 N–H and O–H groups in total. The normalized spacial score (nSPS) is 12.0. The van der Waals surface area contributed by atoms with Gasteiger partial charge in [0.2, 0.25) is 15.9 Å². The van der Waals surface area contributed by atoms with Gasteiger partial charge in [-0.1, -0.05) is 32.9 Å². The average molecular weight is 356 g/mol. The first-order chi connectivity index (χ1) is 11.1. The fraction of sp³-hybridized carbons (Fsp3) is 0.588. The molecule has 1 rings (SSSR count). The second kappa shape index (κ2) is 9.03. The molecule has 0 heterocycles. The van der Waals surface area contributed by atoms with Crippen molar-refractivity contribution in [3.8, 4) is 5.75 Å². The molecule has 0 spiro atoms. The fourth-order valence-electron chi connectivity index (χ4n) is 2.00. The van der Waals surface area contributed by atoms with E-state index in [2.05, 4.69) is 42.9 Å². The maximum Gasteiger partial charge on any atom is 0.220 e. The molecule has 0 aliphatic heterocycles. The monoisotopic (exact) mass is 356 g/mol. The van der Waals surface area contributed by atoms with E-state index in [0.29, 0.717) is 19.4 Å². The maximum absolute atomic E-state index is 11.6. The number of carbonyl (C=O) groups is 1. The second-order valence-electron chi connectivity index (χ2n) is 6.74. The van der Waals surface area contributed by atoms with Gasteiger partial charge < -0.3 is 10.1 Å². The summed E-state index contributed by atoms with van der Waals surface area (Å²) in [5.41, 5.74) is 1.36. The summed E-state index contributed by atoms with van der Waals surface area (Å²) in [4.78, 5) is 11.6. The maximum atomic E-state index is 11.6. The van der Waals surface area contributed by atoms with Gasteiger partial charge in [-0.25, -0.2) is 13.1 Å². The van der Waals surface area contributed by atoms with Gasteiger partial charge in [-0.15, -0.1) is 0 Å². The van der Waals surface area contributed by atoms with E-state index in [1.54, 1.807) is 0 Å². The van der Waals surface area contributed by atoms with Crippen LogP contribution in [0.1, 0.15) is 39.2 Å². The van der Waals surface area contributed by atoms with E-state index in [1.807, 2.05) is 12.1 Å². The molecule has 0 bridgehead atoms. The van der Waals surface area contributed by atoms with Gasteiger partial charge in [-0.05, 0) is 29.5 Å². The van der Waals surface area contributed by atoms with E-state index < -0.39 is 10.0 Å². The van der Waals surface area contributed by atoms with Crippen molar-refractivity contribution < 1.29 is 17.9 Å². The van der Waals surface area contributed by atoms with E-state index in [4.69, 9.17) is 4.74 Å². The van der Waals surface area contributed by atoms with Crippen LogP contribution in [0.4, 0.5) is 0 Å². The lowest BCUT2D eigenvalue weighted by Gasteiger charge is -2.19. The molecule has 136 valence electrons. The molecule has 0 radical (unpaired) electrons. The Morgan fingerprint density at radius 1 is 1.12 bits per heavy atom. The molecule has 7 heteroatoms. The van der Waals surface area contributed by atoms with Crippen LogP contribution in [-0.2, 0) is 20.2 Å². The van der Waals surface area contributed by atoms with Gasteiger partial charge in [-0.2, -0.15) is 0 Å². The Morgan fingerprint density at radius 3 is 2.29 bits per heavy atom. The van der Waals surface area contributed by atoms with E-state index in [0.717, 1.165) is 12.0 Å². The molecule has 0 fully saturated rings. The SMILES string of the molecule is CC(C)(C)c1ccc(OCCCC(=O)NCCNS(C)(=O)=O)cc1. The minimum Gasteiger partial charge on any atom is -0.494 e.